The van der Waals surface area contributed by atoms with Gasteiger partial charge in [0.1, 0.15) is 11.8 Å². The van der Waals surface area contributed by atoms with E-state index in [0.717, 1.165) is 17.5 Å². The van der Waals surface area contributed by atoms with Gasteiger partial charge >= 0.3 is 0 Å². The molecule has 1 aromatic heterocycles. The molecule has 3 rings (SSSR count). The molecule has 2 N–H and O–H groups in total. The second kappa shape index (κ2) is 7.51. The van der Waals surface area contributed by atoms with Gasteiger partial charge in [-0.1, -0.05) is 42.5 Å². The molecule has 0 aliphatic heterocycles. The van der Waals surface area contributed by atoms with Crippen LogP contribution in [0.2, 0.25) is 0 Å². The topological polar surface area (TPSA) is 54.3 Å². The van der Waals surface area contributed by atoms with Crippen molar-refractivity contribution in [1.29, 1.82) is 0 Å². The molecular formula is C20H20N2O2. The van der Waals surface area contributed by atoms with Gasteiger partial charge in [0.25, 0.3) is 0 Å². The van der Waals surface area contributed by atoms with E-state index in [2.05, 4.69) is 5.32 Å². The number of aromatic hydroxyl groups is 1. The van der Waals surface area contributed by atoms with Gasteiger partial charge in [-0.25, -0.2) is 0 Å². The third kappa shape index (κ3) is 3.84. The molecule has 0 spiro atoms. The summed E-state index contributed by atoms with van der Waals surface area (Å²) in [7, 11) is 0. The molecule has 122 valence electrons. The zero-order valence-electron chi connectivity index (χ0n) is 13.3. The monoisotopic (exact) mass is 320 g/mol. The molecule has 1 unspecified atom stereocenters. The van der Waals surface area contributed by atoms with E-state index in [1.807, 2.05) is 71.6 Å². The Balaban J connectivity index is 1.67. The quantitative estimate of drug-likeness (QED) is 0.733. The zero-order valence-corrected chi connectivity index (χ0v) is 13.3. The lowest BCUT2D eigenvalue weighted by Gasteiger charge is -2.19. The molecule has 3 aromatic rings. The second-order valence-electron chi connectivity index (χ2n) is 5.65. The number of carbonyl (C=O) groups excluding carboxylic acids is 1. The lowest BCUT2D eigenvalue weighted by molar-refractivity contribution is -0.123. The van der Waals surface area contributed by atoms with Gasteiger partial charge in [-0.2, -0.15) is 0 Å². The summed E-state index contributed by atoms with van der Waals surface area (Å²) in [6.45, 7) is 0.550. The first-order valence-electron chi connectivity index (χ1n) is 7.97. The first kappa shape index (κ1) is 15.9. The molecular weight excluding hydrogens is 300 g/mol. The maximum atomic E-state index is 12.7. The van der Waals surface area contributed by atoms with Crippen LogP contribution in [0.25, 0.3) is 0 Å². The first-order valence-corrected chi connectivity index (χ1v) is 7.97. The van der Waals surface area contributed by atoms with Gasteiger partial charge in [-0.05, 0) is 41.8 Å². The summed E-state index contributed by atoms with van der Waals surface area (Å²) in [5, 5.41) is 12.3. The maximum Gasteiger partial charge on any atom is 0.247 e. The van der Waals surface area contributed by atoms with Crippen LogP contribution >= 0.6 is 0 Å². The Morgan fingerprint density at radius 2 is 1.62 bits per heavy atom. The highest BCUT2D eigenvalue weighted by atomic mass is 16.3. The number of phenolic OH excluding ortho intramolecular Hbond substituents is 1. The third-order valence-corrected chi connectivity index (χ3v) is 3.94. The number of amides is 1. The van der Waals surface area contributed by atoms with Crippen molar-refractivity contribution in [3.63, 3.8) is 0 Å². The maximum absolute atomic E-state index is 12.7. The van der Waals surface area contributed by atoms with E-state index in [0.29, 0.717) is 6.54 Å². The zero-order chi connectivity index (χ0) is 16.8. The van der Waals surface area contributed by atoms with E-state index in [1.54, 1.807) is 12.1 Å². The van der Waals surface area contributed by atoms with Gasteiger partial charge < -0.3 is 15.0 Å². The lowest BCUT2D eigenvalue weighted by Crippen LogP contribution is -2.34. The standard InChI is InChI=1S/C20H20N2O2/c23-18-10-8-16(9-11-18)12-13-21-20(24)19(22-14-4-5-15-22)17-6-2-1-3-7-17/h1-11,14-15,19,23H,12-13H2,(H,21,24). The minimum absolute atomic E-state index is 0.0313. The van der Waals surface area contributed by atoms with Crippen molar-refractivity contribution >= 4 is 5.91 Å². The van der Waals surface area contributed by atoms with Gasteiger partial charge in [0.15, 0.2) is 0 Å². The smallest absolute Gasteiger partial charge is 0.247 e. The average Bonchev–Trinajstić information content (AvgIpc) is 3.12. The highest BCUT2D eigenvalue weighted by molar-refractivity contribution is 5.83. The number of rotatable bonds is 6. The number of hydrogen-bond acceptors (Lipinski definition) is 2. The molecule has 0 saturated heterocycles. The molecule has 0 saturated carbocycles. The molecule has 0 aliphatic rings. The van der Waals surface area contributed by atoms with Gasteiger partial charge in [0, 0.05) is 18.9 Å². The van der Waals surface area contributed by atoms with Crippen molar-refractivity contribution in [2.45, 2.75) is 12.5 Å². The molecule has 4 nitrogen and oxygen atoms in total. The number of phenols is 1. The van der Waals surface area contributed by atoms with Gasteiger partial charge in [0.05, 0.1) is 0 Å². The fraction of sp³-hybridized carbons (Fsp3) is 0.150. The molecule has 0 bridgehead atoms. The lowest BCUT2D eigenvalue weighted by atomic mass is 10.1. The van der Waals surface area contributed by atoms with Crippen molar-refractivity contribution in [3.05, 3.63) is 90.3 Å². The normalized spacial score (nSPS) is 11.8. The summed E-state index contributed by atoms with van der Waals surface area (Å²) in [6, 6.07) is 20.2. The first-order chi connectivity index (χ1) is 11.7. The van der Waals surface area contributed by atoms with Crippen molar-refractivity contribution < 1.29 is 9.90 Å². The van der Waals surface area contributed by atoms with Gasteiger partial charge in [0.2, 0.25) is 5.91 Å². The van der Waals surface area contributed by atoms with Crippen molar-refractivity contribution in [2.75, 3.05) is 6.54 Å². The van der Waals surface area contributed by atoms with Crippen molar-refractivity contribution in [2.24, 2.45) is 0 Å². The highest BCUT2D eigenvalue weighted by Gasteiger charge is 2.21. The Hall–Kier alpha value is -3.01. The number of nitrogens with zero attached hydrogens (tertiary/aromatic N) is 1. The average molecular weight is 320 g/mol. The predicted molar refractivity (Wildman–Crippen MR) is 93.8 cm³/mol. The van der Waals surface area contributed by atoms with Crippen LogP contribution in [0.1, 0.15) is 17.2 Å². The summed E-state index contributed by atoms with van der Waals surface area (Å²) in [5.74, 6) is 0.218. The minimum Gasteiger partial charge on any atom is -0.508 e. The SMILES string of the molecule is O=C(NCCc1ccc(O)cc1)C(c1ccccc1)n1cccc1. The van der Waals surface area contributed by atoms with E-state index in [4.69, 9.17) is 0 Å². The van der Waals surface area contributed by atoms with Crippen LogP contribution in [0.5, 0.6) is 5.75 Å². The van der Waals surface area contributed by atoms with Crippen LogP contribution in [0.3, 0.4) is 0 Å². The largest absolute Gasteiger partial charge is 0.508 e. The number of benzene rings is 2. The summed E-state index contributed by atoms with van der Waals surface area (Å²) < 4.78 is 1.91. The third-order valence-electron chi connectivity index (χ3n) is 3.94. The Kier molecular flexibility index (Phi) is 4.96. The number of hydrogen-bond donors (Lipinski definition) is 2. The Bertz CT molecular complexity index is 765. The summed E-state index contributed by atoms with van der Waals surface area (Å²) in [5.41, 5.74) is 2.03. The number of carbonyl (C=O) groups is 1. The van der Waals surface area contributed by atoms with Gasteiger partial charge in [-0.15, -0.1) is 0 Å². The Labute approximate surface area is 141 Å². The Morgan fingerprint density at radius 3 is 2.29 bits per heavy atom. The summed E-state index contributed by atoms with van der Waals surface area (Å²) >= 11 is 0. The fourth-order valence-electron chi connectivity index (χ4n) is 2.70. The number of aromatic nitrogens is 1. The van der Waals surface area contributed by atoms with Crippen LogP contribution in [0.15, 0.2) is 79.1 Å². The molecule has 1 amide bonds. The fourth-order valence-corrected chi connectivity index (χ4v) is 2.70. The summed E-state index contributed by atoms with van der Waals surface area (Å²) in [4.78, 5) is 12.7. The van der Waals surface area contributed by atoms with Crippen molar-refractivity contribution in [3.8, 4) is 5.75 Å². The predicted octanol–water partition coefficient (Wildman–Crippen LogP) is 3.14. The molecule has 2 aromatic carbocycles. The highest BCUT2D eigenvalue weighted by Crippen LogP contribution is 2.18. The van der Waals surface area contributed by atoms with E-state index in [1.165, 1.54) is 0 Å². The molecule has 0 fully saturated rings. The van der Waals surface area contributed by atoms with E-state index in [-0.39, 0.29) is 17.7 Å². The van der Waals surface area contributed by atoms with E-state index < -0.39 is 0 Å². The molecule has 1 heterocycles. The van der Waals surface area contributed by atoms with Crippen LogP contribution < -0.4 is 5.32 Å². The van der Waals surface area contributed by atoms with Crippen LogP contribution in [0.4, 0.5) is 0 Å². The molecule has 1 atom stereocenters. The van der Waals surface area contributed by atoms with Crippen LogP contribution in [-0.2, 0) is 11.2 Å². The number of nitrogens with one attached hydrogen (secondary N) is 1. The van der Waals surface area contributed by atoms with Crippen LogP contribution in [-0.4, -0.2) is 22.1 Å². The van der Waals surface area contributed by atoms with E-state index in [9.17, 15) is 9.90 Å². The molecule has 0 radical (unpaired) electrons. The molecule has 4 heteroatoms. The second-order valence-corrected chi connectivity index (χ2v) is 5.65. The molecule has 24 heavy (non-hydrogen) atoms. The van der Waals surface area contributed by atoms with E-state index >= 15 is 0 Å². The Morgan fingerprint density at radius 1 is 0.958 bits per heavy atom. The molecule has 0 aliphatic carbocycles. The van der Waals surface area contributed by atoms with Gasteiger partial charge in [-0.3, -0.25) is 4.79 Å². The van der Waals surface area contributed by atoms with Crippen molar-refractivity contribution in [1.82, 2.24) is 9.88 Å². The minimum atomic E-state index is -0.374. The summed E-state index contributed by atoms with van der Waals surface area (Å²) in [6.07, 6.45) is 4.52. The van der Waals surface area contributed by atoms with Crippen LogP contribution in [0, 0.1) is 0 Å².